The molecule has 0 amide bonds. The molecule has 0 aliphatic heterocycles. The van der Waals surface area contributed by atoms with Crippen molar-refractivity contribution in [2.45, 2.75) is 30.9 Å². The highest BCUT2D eigenvalue weighted by molar-refractivity contribution is 5.85. The molecule has 10 heteroatoms. The van der Waals surface area contributed by atoms with Gasteiger partial charge in [-0.25, -0.2) is 4.39 Å². The maximum atomic E-state index is 13.0. The third-order valence-corrected chi connectivity index (χ3v) is 2.58. The fraction of sp³-hybridized carbons (Fsp3) is 0.455. The predicted octanol–water partition coefficient (Wildman–Crippen LogP) is 3.58. The van der Waals surface area contributed by atoms with Gasteiger partial charge >= 0.3 is 12.4 Å². The van der Waals surface area contributed by atoms with Crippen LogP contribution in [0.2, 0.25) is 0 Å². The van der Waals surface area contributed by atoms with E-state index in [0.29, 0.717) is 6.07 Å². The van der Waals surface area contributed by atoms with E-state index in [4.69, 9.17) is 5.73 Å². The largest absolute Gasteiger partial charge is 0.419 e. The number of nitrogens with two attached hydrogens (primary N) is 1. The molecule has 0 bridgehead atoms. The van der Waals surface area contributed by atoms with Gasteiger partial charge in [0.05, 0.1) is 11.7 Å². The molecule has 0 saturated carbocycles. The van der Waals surface area contributed by atoms with E-state index in [1.807, 2.05) is 0 Å². The minimum atomic E-state index is -5.01. The van der Waals surface area contributed by atoms with Gasteiger partial charge in [-0.3, -0.25) is 0 Å². The Morgan fingerprint density at radius 1 is 1.10 bits per heavy atom. The van der Waals surface area contributed by atoms with Crippen LogP contribution >= 0.6 is 12.4 Å². The molecule has 0 aliphatic rings. The summed E-state index contributed by atoms with van der Waals surface area (Å²) in [5.74, 6) is -1.58. The number of hydrogen-bond acceptors (Lipinski definition) is 2. The molecule has 21 heavy (non-hydrogen) atoms. The van der Waals surface area contributed by atoms with E-state index >= 15 is 0 Å². The molecule has 0 heterocycles. The van der Waals surface area contributed by atoms with Crippen LogP contribution in [-0.2, 0) is 6.18 Å². The second-order valence-electron chi connectivity index (χ2n) is 4.14. The summed E-state index contributed by atoms with van der Waals surface area (Å²) in [6.07, 6.45) is -12.7. The summed E-state index contributed by atoms with van der Waals surface area (Å²) in [6.45, 7) is 0. The summed E-state index contributed by atoms with van der Waals surface area (Å²) in [5.41, 5.74) is 2.62. The van der Waals surface area contributed by atoms with E-state index in [0.717, 1.165) is 6.07 Å². The Bertz CT molecular complexity index is 475. The zero-order valence-corrected chi connectivity index (χ0v) is 11.0. The van der Waals surface area contributed by atoms with E-state index in [9.17, 15) is 35.8 Å². The van der Waals surface area contributed by atoms with E-state index in [2.05, 4.69) is 0 Å². The SMILES string of the molecule is Cl.N[C@@H](C[C@@H](O)c1ccc(F)c(C(F)(F)F)c1)C(F)(F)F. The second kappa shape index (κ2) is 6.80. The Morgan fingerprint density at radius 2 is 1.62 bits per heavy atom. The topological polar surface area (TPSA) is 46.2 Å². The van der Waals surface area contributed by atoms with Crippen LogP contribution in [0.15, 0.2) is 18.2 Å². The number of halogens is 8. The van der Waals surface area contributed by atoms with E-state index < -0.39 is 47.9 Å². The number of aliphatic hydroxyl groups excluding tert-OH is 1. The van der Waals surface area contributed by atoms with Crippen LogP contribution in [0.1, 0.15) is 23.7 Å². The van der Waals surface area contributed by atoms with Gasteiger partial charge in [0, 0.05) is 6.42 Å². The van der Waals surface area contributed by atoms with E-state index in [1.54, 1.807) is 0 Å². The van der Waals surface area contributed by atoms with Gasteiger partial charge in [0.15, 0.2) is 0 Å². The third-order valence-electron chi connectivity index (χ3n) is 2.58. The fourth-order valence-electron chi connectivity index (χ4n) is 1.48. The molecule has 2 nitrogen and oxygen atoms in total. The van der Waals surface area contributed by atoms with Gasteiger partial charge in [0.2, 0.25) is 0 Å². The second-order valence-corrected chi connectivity index (χ2v) is 4.14. The molecule has 0 fully saturated rings. The molecule has 0 aromatic heterocycles. The Morgan fingerprint density at radius 3 is 2.05 bits per heavy atom. The van der Waals surface area contributed by atoms with Crippen molar-refractivity contribution in [2.24, 2.45) is 5.73 Å². The Kier molecular flexibility index (Phi) is 6.46. The molecule has 0 aliphatic carbocycles. The van der Waals surface area contributed by atoms with Crippen molar-refractivity contribution in [3.8, 4) is 0 Å². The highest BCUT2D eigenvalue weighted by atomic mass is 35.5. The van der Waals surface area contributed by atoms with Crippen molar-refractivity contribution < 1.29 is 35.8 Å². The summed E-state index contributed by atoms with van der Waals surface area (Å²) in [7, 11) is 0. The first kappa shape index (κ1) is 19.9. The quantitative estimate of drug-likeness (QED) is 0.826. The molecule has 3 N–H and O–H groups in total. The molecule has 122 valence electrons. The molecule has 1 aromatic carbocycles. The van der Waals surface area contributed by atoms with Crippen molar-refractivity contribution in [3.63, 3.8) is 0 Å². The summed E-state index contributed by atoms with van der Waals surface area (Å²) in [4.78, 5) is 0. The number of aliphatic hydroxyl groups is 1. The summed E-state index contributed by atoms with van der Waals surface area (Å²) < 4.78 is 86.8. The van der Waals surface area contributed by atoms with Gasteiger partial charge in [-0.1, -0.05) is 6.07 Å². The molecule has 0 spiro atoms. The molecule has 0 radical (unpaired) electrons. The van der Waals surface area contributed by atoms with Gasteiger partial charge < -0.3 is 10.8 Å². The zero-order chi connectivity index (χ0) is 15.7. The van der Waals surface area contributed by atoms with Crippen LogP contribution < -0.4 is 5.73 Å². The first-order valence-electron chi connectivity index (χ1n) is 5.30. The maximum Gasteiger partial charge on any atom is 0.419 e. The number of rotatable bonds is 3. The molecule has 2 atom stereocenters. The van der Waals surface area contributed by atoms with Crippen LogP contribution in [0.3, 0.4) is 0 Å². The molecule has 1 rings (SSSR count). The van der Waals surface area contributed by atoms with Crippen LogP contribution in [0.4, 0.5) is 30.7 Å². The minimum absolute atomic E-state index is 0. The average molecular weight is 342 g/mol. The van der Waals surface area contributed by atoms with Crippen LogP contribution in [0.25, 0.3) is 0 Å². The Labute approximate surface area is 121 Å². The first-order valence-corrected chi connectivity index (χ1v) is 5.30. The van der Waals surface area contributed by atoms with E-state index in [-0.39, 0.29) is 18.5 Å². The molecule has 0 unspecified atom stereocenters. The van der Waals surface area contributed by atoms with Crippen molar-refractivity contribution >= 4 is 12.4 Å². The van der Waals surface area contributed by atoms with Gasteiger partial charge in [-0.2, -0.15) is 26.3 Å². The summed E-state index contributed by atoms with van der Waals surface area (Å²) in [6, 6.07) is -0.918. The maximum absolute atomic E-state index is 13.0. The van der Waals surface area contributed by atoms with Gasteiger partial charge in [0.25, 0.3) is 0 Å². The molecule has 1 aromatic rings. The lowest BCUT2D eigenvalue weighted by Gasteiger charge is -2.20. The monoisotopic (exact) mass is 341 g/mol. The highest BCUT2D eigenvalue weighted by Crippen LogP contribution is 2.34. The minimum Gasteiger partial charge on any atom is -0.388 e. The smallest absolute Gasteiger partial charge is 0.388 e. The van der Waals surface area contributed by atoms with Gasteiger partial charge in [-0.05, 0) is 17.7 Å². The van der Waals surface area contributed by atoms with Crippen molar-refractivity contribution in [1.82, 2.24) is 0 Å². The first-order chi connectivity index (χ1) is 8.93. The molecule has 0 saturated heterocycles. The van der Waals surface area contributed by atoms with Crippen LogP contribution in [0, 0.1) is 5.82 Å². The molecular weight excluding hydrogens is 331 g/mol. The summed E-state index contributed by atoms with van der Waals surface area (Å²) in [5, 5.41) is 9.47. The fourth-order valence-corrected chi connectivity index (χ4v) is 1.48. The standard InChI is InChI=1S/C11H10F7NO.ClH/c12-7-2-1-5(3-6(7)10(13,14)15)8(20)4-9(19)11(16,17)18;/h1-3,8-9,20H,4,19H2;1H/t8-,9+;/m1./s1. The third kappa shape index (κ3) is 5.33. The normalized spacial score (nSPS) is 15.3. The van der Waals surface area contributed by atoms with Crippen LogP contribution in [0.5, 0.6) is 0 Å². The zero-order valence-electron chi connectivity index (χ0n) is 10.2. The molecular formula is C11H11ClF7NO. The Hall–Kier alpha value is -1.06. The predicted molar refractivity (Wildman–Crippen MR) is 62.3 cm³/mol. The van der Waals surface area contributed by atoms with Crippen molar-refractivity contribution in [3.05, 3.63) is 35.1 Å². The van der Waals surface area contributed by atoms with Crippen molar-refractivity contribution in [2.75, 3.05) is 0 Å². The number of hydrogen-bond donors (Lipinski definition) is 2. The van der Waals surface area contributed by atoms with Gasteiger partial charge in [-0.15, -0.1) is 12.4 Å². The average Bonchev–Trinajstić information content (AvgIpc) is 2.26. The van der Waals surface area contributed by atoms with Crippen molar-refractivity contribution in [1.29, 1.82) is 0 Å². The Balaban J connectivity index is 0.00000400. The lowest BCUT2D eigenvalue weighted by molar-refractivity contribution is -0.154. The summed E-state index contributed by atoms with van der Waals surface area (Å²) >= 11 is 0. The van der Waals surface area contributed by atoms with Gasteiger partial charge in [0.1, 0.15) is 11.9 Å². The number of alkyl halides is 6. The van der Waals surface area contributed by atoms with Crippen LogP contribution in [-0.4, -0.2) is 17.3 Å². The van der Waals surface area contributed by atoms with E-state index in [1.165, 1.54) is 0 Å². The lowest BCUT2D eigenvalue weighted by Crippen LogP contribution is -2.38. The lowest BCUT2D eigenvalue weighted by atomic mass is 10.00. The number of benzene rings is 1. The highest BCUT2D eigenvalue weighted by Gasteiger charge is 2.39.